The highest BCUT2D eigenvalue weighted by Crippen LogP contribution is 2.31. The van der Waals surface area contributed by atoms with E-state index < -0.39 is 0 Å². The SMILES string of the molecule is Cn1c(C#N)cc(Br)c1-c1ccc(O)cc1. The normalized spacial score (nSPS) is 10.1. The number of rotatable bonds is 1. The number of phenolic OH excluding ortho intramolecular Hbond substituents is 1. The topological polar surface area (TPSA) is 49.0 Å². The zero-order valence-corrected chi connectivity index (χ0v) is 10.2. The van der Waals surface area contributed by atoms with Gasteiger partial charge >= 0.3 is 0 Å². The van der Waals surface area contributed by atoms with Crippen LogP contribution < -0.4 is 0 Å². The molecule has 2 rings (SSSR count). The minimum absolute atomic E-state index is 0.231. The first-order valence-corrected chi connectivity index (χ1v) is 5.47. The summed E-state index contributed by atoms with van der Waals surface area (Å²) in [5.41, 5.74) is 2.47. The third-order valence-corrected chi connectivity index (χ3v) is 3.05. The number of hydrogen-bond donors (Lipinski definition) is 1. The van der Waals surface area contributed by atoms with E-state index in [1.165, 1.54) is 0 Å². The first-order valence-electron chi connectivity index (χ1n) is 4.68. The molecular weight excluding hydrogens is 268 g/mol. The molecule has 1 N–H and O–H groups in total. The van der Waals surface area contributed by atoms with Crippen LogP contribution in [0.4, 0.5) is 0 Å². The number of benzene rings is 1. The second kappa shape index (κ2) is 4.03. The molecule has 4 heteroatoms. The molecule has 0 saturated carbocycles. The molecule has 0 saturated heterocycles. The third kappa shape index (κ3) is 1.70. The van der Waals surface area contributed by atoms with Gasteiger partial charge in [-0.25, -0.2) is 0 Å². The maximum Gasteiger partial charge on any atom is 0.121 e. The Bertz CT molecular complexity index is 564. The molecule has 0 aliphatic rings. The quantitative estimate of drug-likeness (QED) is 0.871. The highest BCUT2D eigenvalue weighted by Gasteiger charge is 2.11. The molecule has 1 heterocycles. The molecule has 0 radical (unpaired) electrons. The largest absolute Gasteiger partial charge is 0.508 e. The van der Waals surface area contributed by atoms with E-state index in [0.717, 1.165) is 15.7 Å². The lowest BCUT2D eigenvalue weighted by atomic mass is 10.1. The Kier molecular flexibility index (Phi) is 2.71. The van der Waals surface area contributed by atoms with Gasteiger partial charge in [0.2, 0.25) is 0 Å². The minimum atomic E-state index is 0.231. The molecule has 0 amide bonds. The van der Waals surface area contributed by atoms with E-state index in [1.807, 2.05) is 23.7 Å². The van der Waals surface area contributed by atoms with Crippen molar-refractivity contribution < 1.29 is 5.11 Å². The van der Waals surface area contributed by atoms with E-state index in [4.69, 9.17) is 5.26 Å². The summed E-state index contributed by atoms with van der Waals surface area (Å²) in [6.07, 6.45) is 0. The molecule has 0 bridgehead atoms. The molecule has 3 nitrogen and oxygen atoms in total. The van der Waals surface area contributed by atoms with Crippen molar-refractivity contribution in [3.05, 3.63) is 40.5 Å². The smallest absolute Gasteiger partial charge is 0.121 e. The summed E-state index contributed by atoms with van der Waals surface area (Å²) >= 11 is 3.43. The number of nitriles is 1. The Morgan fingerprint density at radius 1 is 1.31 bits per heavy atom. The first kappa shape index (κ1) is 10.8. The lowest BCUT2D eigenvalue weighted by Gasteiger charge is -2.05. The maximum atomic E-state index is 9.22. The molecule has 2 aromatic rings. The van der Waals surface area contributed by atoms with Gasteiger partial charge in [0, 0.05) is 11.5 Å². The molecule has 0 atom stereocenters. The fourth-order valence-corrected chi connectivity index (χ4v) is 2.34. The van der Waals surface area contributed by atoms with Crippen LogP contribution in [0.2, 0.25) is 0 Å². The Hall–Kier alpha value is -1.73. The molecular formula is C12H9BrN2O. The van der Waals surface area contributed by atoms with Crippen molar-refractivity contribution in [2.45, 2.75) is 0 Å². The Balaban J connectivity index is 2.61. The summed E-state index contributed by atoms with van der Waals surface area (Å²) in [7, 11) is 1.84. The number of hydrogen-bond acceptors (Lipinski definition) is 2. The first-order chi connectivity index (χ1) is 7.63. The molecule has 1 aromatic carbocycles. The van der Waals surface area contributed by atoms with Crippen LogP contribution in [0.25, 0.3) is 11.3 Å². The zero-order valence-electron chi connectivity index (χ0n) is 8.61. The van der Waals surface area contributed by atoms with Gasteiger partial charge in [-0.2, -0.15) is 5.26 Å². The van der Waals surface area contributed by atoms with Crippen molar-refractivity contribution >= 4 is 15.9 Å². The van der Waals surface area contributed by atoms with Crippen LogP contribution in [0.5, 0.6) is 5.75 Å². The second-order valence-corrected chi connectivity index (χ2v) is 4.30. The molecule has 0 aliphatic carbocycles. The minimum Gasteiger partial charge on any atom is -0.508 e. The molecule has 80 valence electrons. The van der Waals surface area contributed by atoms with Crippen molar-refractivity contribution in [3.8, 4) is 23.1 Å². The van der Waals surface area contributed by atoms with E-state index >= 15 is 0 Å². The monoisotopic (exact) mass is 276 g/mol. The van der Waals surface area contributed by atoms with Gasteiger partial charge in [0.05, 0.1) is 5.69 Å². The van der Waals surface area contributed by atoms with E-state index in [0.29, 0.717) is 5.69 Å². The highest BCUT2D eigenvalue weighted by molar-refractivity contribution is 9.10. The molecule has 0 unspecified atom stereocenters. The van der Waals surface area contributed by atoms with Crippen LogP contribution in [0, 0.1) is 11.3 Å². The second-order valence-electron chi connectivity index (χ2n) is 3.44. The Labute approximate surface area is 102 Å². The third-order valence-electron chi connectivity index (χ3n) is 2.44. The van der Waals surface area contributed by atoms with Gasteiger partial charge in [0.15, 0.2) is 0 Å². The maximum absolute atomic E-state index is 9.22. The van der Waals surface area contributed by atoms with Crippen LogP contribution >= 0.6 is 15.9 Å². The Morgan fingerprint density at radius 3 is 2.44 bits per heavy atom. The predicted molar refractivity (Wildman–Crippen MR) is 64.9 cm³/mol. The van der Waals surface area contributed by atoms with E-state index in [2.05, 4.69) is 22.0 Å². The van der Waals surface area contributed by atoms with Gasteiger partial charge in [-0.15, -0.1) is 0 Å². The van der Waals surface area contributed by atoms with E-state index in [-0.39, 0.29) is 5.75 Å². The van der Waals surface area contributed by atoms with E-state index in [1.54, 1.807) is 18.2 Å². The summed E-state index contributed by atoms with van der Waals surface area (Å²) in [6.45, 7) is 0. The van der Waals surface area contributed by atoms with Gasteiger partial charge in [0.1, 0.15) is 17.5 Å². The van der Waals surface area contributed by atoms with Crippen molar-refractivity contribution in [1.82, 2.24) is 4.57 Å². The van der Waals surface area contributed by atoms with Crippen LogP contribution in [-0.2, 0) is 7.05 Å². The number of aromatic hydroxyl groups is 1. The fraction of sp³-hybridized carbons (Fsp3) is 0.0833. The number of aromatic nitrogens is 1. The summed E-state index contributed by atoms with van der Waals surface area (Å²) in [5.74, 6) is 0.231. The average Bonchev–Trinajstić information content (AvgIpc) is 2.56. The number of phenols is 1. The van der Waals surface area contributed by atoms with Crippen molar-refractivity contribution in [1.29, 1.82) is 5.26 Å². The van der Waals surface area contributed by atoms with Gasteiger partial charge in [0.25, 0.3) is 0 Å². The zero-order chi connectivity index (χ0) is 11.7. The van der Waals surface area contributed by atoms with Crippen LogP contribution in [0.15, 0.2) is 34.8 Å². The standard InChI is InChI=1S/C12H9BrN2O/c1-15-9(7-14)6-11(13)12(15)8-2-4-10(16)5-3-8/h2-6,16H,1H3. The van der Waals surface area contributed by atoms with Crippen molar-refractivity contribution in [3.63, 3.8) is 0 Å². The van der Waals surface area contributed by atoms with Gasteiger partial charge < -0.3 is 9.67 Å². The average molecular weight is 277 g/mol. The van der Waals surface area contributed by atoms with Gasteiger partial charge in [-0.3, -0.25) is 0 Å². The molecule has 16 heavy (non-hydrogen) atoms. The number of nitrogens with zero attached hydrogens (tertiary/aromatic N) is 2. The van der Waals surface area contributed by atoms with Gasteiger partial charge in [-0.1, -0.05) is 0 Å². The molecule has 0 fully saturated rings. The molecule has 0 aliphatic heterocycles. The highest BCUT2D eigenvalue weighted by atomic mass is 79.9. The van der Waals surface area contributed by atoms with E-state index in [9.17, 15) is 5.11 Å². The summed E-state index contributed by atoms with van der Waals surface area (Å²) in [4.78, 5) is 0. The van der Waals surface area contributed by atoms with Crippen LogP contribution in [-0.4, -0.2) is 9.67 Å². The molecule has 0 spiro atoms. The van der Waals surface area contributed by atoms with Gasteiger partial charge in [-0.05, 0) is 51.8 Å². The lowest BCUT2D eigenvalue weighted by Crippen LogP contribution is -1.94. The van der Waals surface area contributed by atoms with Crippen LogP contribution in [0.3, 0.4) is 0 Å². The fourth-order valence-electron chi connectivity index (χ4n) is 1.62. The van der Waals surface area contributed by atoms with Crippen molar-refractivity contribution in [2.75, 3.05) is 0 Å². The van der Waals surface area contributed by atoms with Crippen molar-refractivity contribution in [2.24, 2.45) is 7.05 Å². The lowest BCUT2D eigenvalue weighted by molar-refractivity contribution is 0.475. The predicted octanol–water partition coefficient (Wildman–Crippen LogP) is 3.03. The summed E-state index contributed by atoms with van der Waals surface area (Å²) < 4.78 is 2.69. The summed E-state index contributed by atoms with van der Waals surface area (Å²) in [5, 5.41) is 18.1. The molecule has 1 aromatic heterocycles. The van der Waals surface area contributed by atoms with Crippen LogP contribution in [0.1, 0.15) is 5.69 Å². The Morgan fingerprint density at radius 2 is 1.94 bits per heavy atom. The summed E-state index contributed by atoms with van der Waals surface area (Å²) in [6, 6.07) is 10.8. The number of halogens is 1.